The number of likely N-dealkylation sites (tertiary alicyclic amines) is 1. The second kappa shape index (κ2) is 4.80. The summed E-state index contributed by atoms with van der Waals surface area (Å²) in [5.74, 6) is 5.05. The number of urea groups is 1. The van der Waals surface area contributed by atoms with E-state index in [-0.39, 0.29) is 11.9 Å². The van der Waals surface area contributed by atoms with Gasteiger partial charge < -0.3 is 10.6 Å². The van der Waals surface area contributed by atoms with Crippen molar-refractivity contribution in [3.8, 4) is 0 Å². The van der Waals surface area contributed by atoms with E-state index in [4.69, 9.17) is 11.6 Å². The first kappa shape index (κ1) is 10.8. The van der Waals surface area contributed by atoms with Crippen LogP contribution in [0.5, 0.6) is 0 Å². The minimum absolute atomic E-state index is 0.262. The van der Waals surface area contributed by atoms with Crippen molar-refractivity contribution in [2.45, 2.75) is 19.3 Å². The van der Waals surface area contributed by atoms with Gasteiger partial charge in [0.05, 0.1) is 0 Å². The number of hydrazine groups is 1. The molecule has 0 aromatic carbocycles. The van der Waals surface area contributed by atoms with E-state index in [1.54, 1.807) is 4.90 Å². The van der Waals surface area contributed by atoms with Gasteiger partial charge in [-0.25, -0.2) is 10.6 Å². The quantitative estimate of drug-likeness (QED) is 0.307. The molecule has 1 aliphatic rings. The number of amides is 3. The van der Waals surface area contributed by atoms with Crippen LogP contribution in [-0.2, 0) is 4.79 Å². The number of carbonyl (C=O) groups is 2. The molecule has 14 heavy (non-hydrogen) atoms. The highest BCUT2D eigenvalue weighted by molar-refractivity contribution is 5.74. The minimum atomic E-state index is -0.272. The van der Waals surface area contributed by atoms with Crippen LogP contribution in [0.25, 0.3) is 0 Å². The summed E-state index contributed by atoms with van der Waals surface area (Å²) in [5.41, 5.74) is 7.18. The van der Waals surface area contributed by atoms with E-state index in [1.165, 1.54) is 0 Å². The summed E-state index contributed by atoms with van der Waals surface area (Å²) in [6.45, 7) is 1.28. The third-order valence-corrected chi connectivity index (χ3v) is 2.52. The van der Waals surface area contributed by atoms with Crippen molar-refractivity contribution >= 4 is 11.9 Å². The predicted octanol–water partition coefficient (Wildman–Crippen LogP) is -0.843. The number of rotatable bonds is 2. The molecule has 6 nitrogen and oxygen atoms in total. The molecule has 80 valence electrons. The van der Waals surface area contributed by atoms with Crippen LogP contribution >= 0.6 is 0 Å². The van der Waals surface area contributed by atoms with E-state index in [9.17, 15) is 9.59 Å². The fourth-order valence-electron chi connectivity index (χ4n) is 1.72. The van der Waals surface area contributed by atoms with E-state index in [0.717, 1.165) is 12.8 Å². The highest BCUT2D eigenvalue weighted by Gasteiger charge is 2.22. The molecule has 1 heterocycles. The Morgan fingerprint density at radius 1 is 1.36 bits per heavy atom. The van der Waals surface area contributed by atoms with Gasteiger partial charge in [0.2, 0.25) is 5.91 Å². The molecule has 1 aliphatic heterocycles. The van der Waals surface area contributed by atoms with Crippen LogP contribution in [0.1, 0.15) is 19.3 Å². The summed E-state index contributed by atoms with van der Waals surface area (Å²) in [5, 5.41) is 0. The second-order valence-corrected chi connectivity index (χ2v) is 3.55. The van der Waals surface area contributed by atoms with Crippen molar-refractivity contribution in [2.24, 2.45) is 17.5 Å². The Hall–Kier alpha value is -1.30. The molecule has 0 saturated carbocycles. The lowest BCUT2D eigenvalue weighted by atomic mass is 9.93. The number of nitrogens with zero attached hydrogens (tertiary/aromatic N) is 1. The summed E-state index contributed by atoms with van der Waals surface area (Å²) in [6.07, 6.45) is 2.05. The Labute approximate surface area is 82.6 Å². The van der Waals surface area contributed by atoms with Crippen LogP contribution in [0, 0.1) is 5.92 Å². The zero-order valence-electron chi connectivity index (χ0n) is 8.03. The largest absolute Gasteiger partial charge is 0.370 e. The van der Waals surface area contributed by atoms with Gasteiger partial charge in [0.1, 0.15) is 0 Å². The third-order valence-electron chi connectivity index (χ3n) is 2.52. The molecule has 3 amide bonds. The third kappa shape index (κ3) is 2.88. The van der Waals surface area contributed by atoms with Crippen LogP contribution < -0.4 is 17.0 Å². The van der Waals surface area contributed by atoms with Crippen LogP contribution in [0.3, 0.4) is 0 Å². The molecule has 1 fully saturated rings. The van der Waals surface area contributed by atoms with Crippen LogP contribution in [-0.4, -0.2) is 29.9 Å². The van der Waals surface area contributed by atoms with E-state index in [2.05, 4.69) is 5.43 Å². The summed E-state index contributed by atoms with van der Waals surface area (Å²) in [4.78, 5) is 23.4. The van der Waals surface area contributed by atoms with Gasteiger partial charge in [-0.3, -0.25) is 10.2 Å². The van der Waals surface area contributed by atoms with Crippen molar-refractivity contribution in [2.75, 3.05) is 13.1 Å². The van der Waals surface area contributed by atoms with Gasteiger partial charge in [0.25, 0.3) is 0 Å². The molecule has 0 spiro atoms. The molecular formula is C8H16N4O2. The maximum absolute atomic E-state index is 11.1. The van der Waals surface area contributed by atoms with Crippen LogP contribution in [0.15, 0.2) is 0 Å². The molecule has 0 bridgehead atoms. The lowest BCUT2D eigenvalue weighted by molar-refractivity contribution is -0.119. The fourth-order valence-corrected chi connectivity index (χ4v) is 1.72. The average molecular weight is 200 g/mol. The van der Waals surface area contributed by atoms with Gasteiger partial charge in [0, 0.05) is 19.5 Å². The van der Waals surface area contributed by atoms with E-state index >= 15 is 0 Å². The van der Waals surface area contributed by atoms with Gasteiger partial charge >= 0.3 is 6.03 Å². The molecule has 0 atom stereocenters. The minimum Gasteiger partial charge on any atom is -0.370 e. The first-order valence-corrected chi connectivity index (χ1v) is 4.67. The molecule has 5 N–H and O–H groups in total. The van der Waals surface area contributed by atoms with Gasteiger partial charge in [-0.15, -0.1) is 0 Å². The zero-order valence-corrected chi connectivity index (χ0v) is 8.03. The van der Waals surface area contributed by atoms with Gasteiger partial charge in [-0.1, -0.05) is 0 Å². The lowest BCUT2D eigenvalue weighted by Crippen LogP contribution is -2.47. The molecule has 6 heteroatoms. The number of nitrogens with two attached hydrogens (primary N) is 2. The Morgan fingerprint density at radius 3 is 2.36 bits per heavy atom. The maximum atomic E-state index is 11.1. The molecule has 1 saturated heterocycles. The maximum Gasteiger partial charge on any atom is 0.331 e. The van der Waals surface area contributed by atoms with Crippen molar-refractivity contribution in [3.63, 3.8) is 0 Å². The number of nitrogens with one attached hydrogen (secondary N) is 1. The summed E-state index contributed by atoms with van der Waals surface area (Å²) >= 11 is 0. The molecule has 1 rings (SSSR count). The standard InChI is InChI=1S/C8H16N4O2/c9-7(13)5-6-1-3-12(4-2-6)8(14)11-10/h6H,1-5,10H2,(H2,9,13)(H,11,14). The van der Waals surface area contributed by atoms with Gasteiger partial charge in [0.15, 0.2) is 0 Å². The molecular weight excluding hydrogens is 184 g/mol. The van der Waals surface area contributed by atoms with E-state index in [0.29, 0.717) is 25.4 Å². The second-order valence-electron chi connectivity index (χ2n) is 3.55. The van der Waals surface area contributed by atoms with E-state index in [1.807, 2.05) is 0 Å². The molecule has 0 radical (unpaired) electrons. The van der Waals surface area contributed by atoms with Gasteiger partial charge in [-0.2, -0.15) is 0 Å². The SMILES string of the molecule is NNC(=O)N1CCC(CC(N)=O)CC1. The normalized spacial score (nSPS) is 17.9. The highest BCUT2D eigenvalue weighted by Crippen LogP contribution is 2.19. The Balaban J connectivity index is 2.31. The highest BCUT2D eigenvalue weighted by atomic mass is 16.2. The fraction of sp³-hybridized carbons (Fsp3) is 0.750. The van der Waals surface area contributed by atoms with Gasteiger partial charge in [-0.05, 0) is 18.8 Å². The Morgan fingerprint density at radius 2 is 1.93 bits per heavy atom. The summed E-state index contributed by atoms with van der Waals surface area (Å²) in [7, 11) is 0. The first-order valence-electron chi connectivity index (χ1n) is 4.67. The van der Waals surface area contributed by atoms with Crippen molar-refractivity contribution in [1.29, 1.82) is 0 Å². The Bertz CT molecular complexity index is 223. The monoisotopic (exact) mass is 200 g/mol. The number of primary amides is 1. The number of hydrogen-bond acceptors (Lipinski definition) is 3. The predicted molar refractivity (Wildman–Crippen MR) is 50.8 cm³/mol. The van der Waals surface area contributed by atoms with Crippen molar-refractivity contribution in [3.05, 3.63) is 0 Å². The Kier molecular flexibility index (Phi) is 3.70. The first-order chi connectivity index (χ1) is 6.63. The lowest BCUT2D eigenvalue weighted by Gasteiger charge is -2.30. The molecule has 0 aliphatic carbocycles. The number of hydrogen-bond donors (Lipinski definition) is 3. The smallest absolute Gasteiger partial charge is 0.331 e. The molecule has 0 unspecified atom stereocenters. The molecule has 0 aromatic heterocycles. The summed E-state index contributed by atoms with van der Waals surface area (Å²) < 4.78 is 0. The van der Waals surface area contributed by atoms with Crippen molar-refractivity contribution < 1.29 is 9.59 Å². The zero-order chi connectivity index (χ0) is 10.6. The summed E-state index contributed by atoms with van der Waals surface area (Å²) in [6, 6.07) is -0.262. The van der Waals surface area contributed by atoms with Crippen LogP contribution in [0.4, 0.5) is 4.79 Å². The topological polar surface area (TPSA) is 101 Å². The average Bonchev–Trinajstić information content (AvgIpc) is 2.17. The number of piperidine rings is 1. The van der Waals surface area contributed by atoms with Crippen LogP contribution in [0.2, 0.25) is 0 Å². The van der Waals surface area contributed by atoms with E-state index < -0.39 is 0 Å². The molecule has 0 aromatic rings. The number of carbonyl (C=O) groups excluding carboxylic acids is 2. The van der Waals surface area contributed by atoms with Crippen molar-refractivity contribution in [1.82, 2.24) is 10.3 Å².